The lowest BCUT2D eigenvalue weighted by atomic mass is 10.2. The van der Waals surface area contributed by atoms with Crippen molar-refractivity contribution in [1.29, 1.82) is 0 Å². The molecule has 0 bridgehead atoms. The summed E-state index contributed by atoms with van der Waals surface area (Å²) in [6.07, 6.45) is 0. The Bertz CT molecular complexity index is 490. The Morgan fingerprint density at radius 1 is 1.29 bits per heavy atom. The van der Waals surface area contributed by atoms with Crippen molar-refractivity contribution in [3.63, 3.8) is 0 Å². The lowest BCUT2D eigenvalue weighted by Gasteiger charge is -2.04. The number of nitro groups is 1. The van der Waals surface area contributed by atoms with E-state index in [9.17, 15) is 24.1 Å². The summed E-state index contributed by atoms with van der Waals surface area (Å²) in [4.78, 5) is 31.2. The highest BCUT2D eigenvalue weighted by Crippen LogP contribution is 2.15. The van der Waals surface area contributed by atoms with Gasteiger partial charge >= 0.3 is 6.03 Å². The summed E-state index contributed by atoms with van der Waals surface area (Å²) in [6, 6.07) is 1.29. The van der Waals surface area contributed by atoms with Crippen LogP contribution in [0.25, 0.3) is 0 Å². The Morgan fingerprint density at radius 2 is 1.94 bits per heavy atom. The highest BCUT2D eigenvalue weighted by atomic mass is 19.1. The number of nitro benzene ring substituents is 1. The number of nitrogens with one attached hydrogen (secondary N) is 2. The van der Waals surface area contributed by atoms with Gasteiger partial charge in [0.1, 0.15) is 5.82 Å². The standard InChI is InChI=1S/C8H7FN4O4/c9-5-1-4(2-6(3-5)13(16)17)7(14)11-12-8(10)15/h1-3H,(H,11,14)(H3,10,12,15). The Balaban J connectivity index is 2.93. The molecule has 0 spiro atoms. The van der Waals surface area contributed by atoms with Crippen molar-refractivity contribution in [3.8, 4) is 0 Å². The Kier molecular flexibility index (Phi) is 3.55. The average molecular weight is 242 g/mol. The van der Waals surface area contributed by atoms with Gasteiger partial charge in [0.05, 0.1) is 16.6 Å². The number of nitrogens with two attached hydrogens (primary N) is 1. The fourth-order valence-electron chi connectivity index (χ4n) is 1.00. The van der Waals surface area contributed by atoms with Crippen LogP contribution in [0.3, 0.4) is 0 Å². The van der Waals surface area contributed by atoms with Crippen molar-refractivity contribution >= 4 is 17.6 Å². The van der Waals surface area contributed by atoms with Crippen molar-refractivity contribution in [2.45, 2.75) is 0 Å². The van der Waals surface area contributed by atoms with Gasteiger partial charge < -0.3 is 5.73 Å². The third kappa shape index (κ3) is 3.41. The second-order valence-electron chi connectivity index (χ2n) is 2.90. The normalized spacial score (nSPS) is 9.47. The average Bonchev–Trinajstić information content (AvgIpc) is 2.24. The van der Waals surface area contributed by atoms with Gasteiger partial charge in [-0.3, -0.25) is 20.3 Å². The van der Waals surface area contributed by atoms with E-state index in [1.54, 1.807) is 5.43 Å². The maximum atomic E-state index is 13.0. The van der Waals surface area contributed by atoms with Crippen LogP contribution in [0.15, 0.2) is 18.2 Å². The summed E-state index contributed by atoms with van der Waals surface area (Å²) in [5.74, 6) is -1.87. The monoisotopic (exact) mass is 242 g/mol. The Hall–Kier alpha value is -2.71. The fraction of sp³-hybridized carbons (Fsp3) is 0. The van der Waals surface area contributed by atoms with Gasteiger partial charge in [0.2, 0.25) is 0 Å². The third-order valence-electron chi connectivity index (χ3n) is 1.65. The summed E-state index contributed by atoms with van der Waals surface area (Å²) in [5, 5.41) is 10.4. The van der Waals surface area contributed by atoms with Gasteiger partial charge in [-0.2, -0.15) is 0 Å². The molecule has 1 aromatic rings. The predicted octanol–water partition coefficient (Wildman–Crippen LogP) is 0.0470. The van der Waals surface area contributed by atoms with Crippen LogP contribution in [-0.4, -0.2) is 16.9 Å². The van der Waals surface area contributed by atoms with Gasteiger partial charge in [-0.15, -0.1) is 0 Å². The van der Waals surface area contributed by atoms with Crippen LogP contribution in [0.2, 0.25) is 0 Å². The molecule has 3 amide bonds. The van der Waals surface area contributed by atoms with E-state index < -0.39 is 28.4 Å². The quantitative estimate of drug-likeness (QED) is 0.499. The van der Waals surface area contributed by atoms with Crippen LogP contribution < -0.4 is 16.6 Å². The van der Waals surface area contributed by atoms with Gasteiger partial charge in [0.25, 0.3) is 11.6 Å². The molecule has 0 aliphatic rings. The molecule has 0 aliphatic heterocycles. The minimum Gasteiger partial charge on any atom is -0.350 e. The van der Waals surface area contributed by atoms with Gasteiger partial charge in [0, 0.05) is 6.07 Å². The molecule has 0 aromatic heterocycles. The second-order valence-corrected chi connectivity index (χ2v) is 2.90. The first kappa shape index (κ1) is 12.4. The predicted molar refractivity (Wildman–Crippen MR) is 53.2 cm³/mol. The largest absolute Gasteiger partial charge is 0.350 e. The highest BCUT2D eigenvalue weighted by Gasteiger charge is 2.14. The summed E-state index contributed by atoms with van der Waals surface area (Å²) < 4.78 is 13.0. The molecule has 0 aliphatic carbocycles. The van der Waals surface area contributed by atoms with Crippen LogP contribution in [-0.2, 0) is 0 Å². The number of rotatable bonds is 2. The van der Waals surface area contributed by atoms with Crippen LogP contribution in [0.1, 0.15) is 10.4 Å². The zero-order valence-electron chi connectivity index (χ0n) is 8.27. The Labute approximate surface area is 93.7 Å². The number of non-ortho nitro benzene ring substituents is 1. The first-order valence-electron chi connectivity index (χ1n) is 4.21. The number of nitrogens with zero attached hydrogens (tertiary/aromatic N) is 1. The molecule has 4 N–H and O–H groups in total. The number of carbonyl (C=O) groups excluding carboxylic acids is 2. The number of halogens is 1. The summed E-state index contributed by atoms with van der Waals surface area (Å²) >= 11 is 0. The van der Waals surface area contributed by atoms with Gasteiger partial charge in [0.15, 0.2) is 0 Å². The van der Waals surface area contributed by atoms with Gasteiger partial charge in [-0.25, -0.2) is 14.6 Å². The van der Waals surface area contributed by atoms with E-state index in [1.165, 1.54) is 0 Å². The van der Waals surface area contributed by atoms with E-state index in [2.05, 4.69) is 5.73 Å². The molecule has 1 rings (SSSR count). The number of urea groups is 1. The van der Waals surface area contributed by atoms with Gasteiger partial charge in [-0.1, -0.05) is 0 Å². The molecule has 1 aromatic carbocycles. The first-order chi connectivity index (χ1) is 7.90. The van der Waals surface area contributed by atoms with Crippen LogP contribution in [0.4, 0.5) is 14.9 Å². The van der Waals surface area contributed by atoms with E-state index in [1.807, 2.05) is 5.43 Å². The zero-order valence-corrected chi connectivity index (χ0v) is 8.27. The number of amides is 3. The number of primary amides is 1. The molecule has 8 nitrogen and oxygen atoms in total. The number of hydrazine groups is 1. The van der Waals surface area contributed by atoms with E-state index in [0.717, 1.165) is 12.1 Å². The fourth-order valence-corrected chi connectivity index (χ4v) is 1.00. The lowest BCUT2D eigenvalue weighted by Crippen LogP contribution is -2.44. The highest BCUT2D eigenvalue weighted by molar-refractivity contribution is 5.95. The summed E-state index contributed by atoms with van der Waals surface area (Å²) in [5.41, 5.74) is 7.39. The van der Waals surface area contributed by atoms with Crippen molar-refractivity contribution in [2.75, 3.05) is 0 Å². The maximum Gasteiger partial charge on any atom is 0.330 e. The first-order valence-corrected chi connectivity index (χ1v) is 4.21. The molecule has 17 heavy (non-hydrogen) atoms. The number of hydrogen-bond donors (Lipinski definition) is 3. The van der Waals surface area contributed by atoms with Crippen LogP contribution in [0, 0.1) is 15.9 Å². The number of carbonyl (C=O) groups is 2. The molecule has 0 heterocycles. The van der Waals surface area contributed by atoms with Crippen molar-refractivity contribution in [3.05, 3.63) is 39.7 Å². The topological polar surface area (TPSA) is 127 Å². The van der Waals surface area contributed by atoms with E-state index >= 15 is 0 Å². The maximum absolute atomic E-state index is 13.0. The smallest absolute Gasteiger partial charge is 0.330 e. The molecular formula is C8H7FN4O4. The molecule has 0 saturated heterocycles. The minimum absolute atomic E-state index is 0.314. The van der Waals surface area contributed by atoms with Gasteiger partial charge in [-0.05, 0) is 6.07 Å². The molecule has 0 fully saturated rings. The lowest BCUT2D eigenvalue weighted by molar-refractivity contribution is -0.385. The summed E-state index contributed by atoms with van der Waals surface area (Å²) in [6.45, 7) is 0. The zero-order chi connectivity index (χ0) is 13.0. The molecule has 0 unspecified atom stereocenters. The second kappa shape index (κ2) is 4.88. The van der Waals surface area contributed by atoms with Crippen LogP contribution in [0.5, 0.6) is 0 Å². The molecule has 90 valence electrons. The molecule has 0 atom stereocenters. The van der Waals surface area contributed by atoms with E-state index in [0.29, 0.717) is 6.07 Å². The number of benzene rings is 1. The van der Waals surface area contributed by atoms with E-state index in [4.69, 9.17) is 0 Å². The van der Waals surface area contributed by atoms with Crippen molar-refractivity contribution < 1.29 is 18.9 Å². The molecule has 0 radical (unpaired) electrons. The van der Waals surface area contributed by atoms with Crippen molar-refractivity contribution in [2.24, 2.45) is 5.73 Å². The van der Waals surface area contributed by atoms with E-state index in [-0.39, 0.29) is 5.56 Å². The number of hydrogen-bond acceptors (Lipinski definition) is 4. The third-order valence-corrected chi connectivity index (χ3v) is 1.65. The summed E-state index contributed by atoms with van der Waals surface area (Å²) in [7, 11) is 0. The molecule has 0 saturated carbocycles. The Morgan fingerprint density at radius 3 is 2.47 bits per heavy atom. The molecule has 9 heteroatoms. The van der Waals surface area contributed by atoms with Crippen LogP contribution >= 0.6 is 0 Å². The molecular weight excluding hydrogens is 235 g/mol. The SMILES string of the molecule is NC(=O)NNC(=O)c1cc(F)cc([N+](=O)[O-])c1. The van der Waals surface area contributed by atoms with Crippen molar-refractivity contribution in [1.82, 2.24) is 10.9 Å². The minimum atomic E-state index is -1.02.